The molecule has 20 heavy (non-hydrogen) atoms. The van der Waals surface area contributed by atoms with Gasteiger partial charge in [0.15, 0.2) is 5.69 Å². The smallest absolute Gasteiger partial charge is 0.368 e. The molecule has 0 saturated carbocycles. The van der Waals surface area contributed by atoms with Crippen LogP contribution in [0.15, 0.2) is 30.3 Å². The van der Waals surface area contributed by atoms with Crippen molar-refractivity contribution < 1.29 is 17.6 Å². The maximum Gasteiger partial charge on any atom is 0.433 e. The van der Waals surface area contributed by atoms with Gasteiger partial charge in [-0.1, -0.05) is 12.1 Å². The highest BCUT2D eigenvalue weighted by Crippen LogP contribution is 2.32. The highest BCUT2D eigenvalue weighted by molar-refractivity contribution is 5.60. The lowest BCUT2D eigenvalue weighted by molar-refractivity contribution is -0.141. The number of rotatable bonds is 2. The Labute approximate surface area is 111 Å². The zero-order chi connectivity index (χ0) is 14.9. The van der Waals surface area contributed by atoms with Gasteiger partial charge in [-0.25, -0.2) is 9.37 Å². The van der Waals surface area contributed by atoms with Crippen LogP contribution in [0, 0.1) is 5.82 Å². The maximum absolute atomic E-state index is 13.6. The number of nitrogens with zero attached hydrogens (tertiary/aromatic N) is 3. The Morgan fingerprint density at radius 2 is 1.80 bits per heavy atom. The monoisotopic (exact) mass is 286 g/mol. The van der Waals surface area contributed by atoms with Crippen LogP contribution < -0.4 is 10.6 Å². The molecule has 1 aromatic heterocycles. The molecule has 0 aliphatic heterocycles. The number of aromatic nitrogens is 2. The molecule has 2 rings (SSSR count). The van der Waals surface area contributed by atoms with E-state index in [1.807, 2.05) is 0 Å². The van der Waals surface area contributed by atoms with Gasteiger partial charge in [-0.2, -0.15) is 18.2 Å². The first-order valence-electron chi connectivity index (χ1n) is 5.49. The predicted molar refractivity (Wildman–Crippen MR) is 65.9 cm³/mol. The van der Waals surface area contributed by atoms with Crippen molar-refractivity contribution in [2.24, 2.45) is 0 Å². The van der Waals surface area contributed by atoms with Crippen LogP contribution in [0.1, 0.15) is 5.69 Å². The molecule has 0 fully saturated rings. The first-order valence-corrected chi connectivity index (χ1v) is 5.49. The minimum absolute atomic E-state index is 0.0822. The van der Waals surface area contributed by atoms with Gasteiger partial charge in [-0.15, -0.1) is 0 Å². The van der Waals surface area contributed by atoms with E-state index in [1.54, 1.807) is 6.07 Å². The number of alkyl halides is 3. The molecule has 4 nitrogen and oxygen atoms in total. The minimum atomic E-state index is -4.65. The molecular formula is C12H10F4N4. The molecule has 0 unspecified atom stereocenters. The predicted octanol–water partition coefficient (Wildman–Crippen LogP) is 2.98. The van der Waals surface area contributed by atoms with E-state index in [2.05, 4.69) is 9.97 Å². The second kappa shape index (κ2) is 4.95. The fourth-order valence-electron chi connectivity index (χ4n) is 1.62. The second-order valence-electron chi connectivity index (χ2n) is 3.98. The Morgan fingerprint density at radius 1 is 1.15 bits per heavy atom. The van der Waals surface area contributed by atoms with Crippen molar-refractivity contribution in [2.45, 2.75) is 6.18 Å². The van der Waals surface area contributed by atoms with E-state index in [-0.39, 0.29) is 11.5 Å². The average molecular weight is 286 g/mol. The zero-order valence-corrected chi connectivity index (χ0v) is 10.3. The number of para-hydroxylation sites is 1. The molecular weight excluding hydrogens is 276 g/mol. The molecule has 0 amide bonds. The normalized spacial score (nSPS) is 11.4. The Hall–Kier alpha value is -2.38. The van der Waals surface area contributed by atoms with E-state index in [0.29, 0.717) is 6.07 Å². The SMILES string of the molecule is CN(c1cc(C(F)(F)F)nc(N)n1)c1ccccc1F. The third kappa shape index (κ3) is 2.79. The fraction of sp³-hybridized carbons (Fsp3) is 0.167. The Morgan fingerprint density at radius 3 is 2.40 bits per heavy atom. The summed E-state index contributed by atoms with van der Waals surface area (Å²) in [6.45, 7) is 0. The van der Waals surface area contributed by atoms with Gasteiger partial charge >= 0.3 is 6.18 Å². The molecule has 0 aliphatic carbocycles. The number of nitrogen functional groups attached to an aromatic ring is 1. The van der Waals surface area contributed by atoms with Gasteiger partial charge in [-0.05, 0) is 12.1 Å². The molecule has 0 bridgehead atoms. The quantitative estimate of drug-likeness (QED) is 0.862. The average Bonchev–Trinajstić information content (AvgIpc) is 2.37. The number of hydrogen-bond donors (Lipinski definition) is 1. The molecule has 2 aromatic rings. The molecule has 1 heterocycles. The lowest BCUT2D eigenvalue weighted by Gasteiger charge is -2.20. The summed E-state index contributed by atoms with van der Waals surface area (Å²) in [5.74, 6) is -1.26. The number of nitrogens with two attached hydrogens (primary N) is 1. The number of hydrogen-bond acceptors (Lipinski definition) is 4. The van der Waals surface area contributed by atoms with Crippen molar-refractivity contribution >= 4 is 17.5 Å². The van der Waals surface area contributed by atoms with Gasteiger partial charge in [-0.3, -0.25) is 0 Å². The minimum Gasteiger partial charge on any atom is -0.368 e. The van der Waals surface area contributed by atoms with Gasteiger partial charge in [0.2, 0.25) is 5.95 Å². The zero-order valence-electron chi connectivity index (χ0n) is 10.3. The van der Waals surface area contributed by atoms with Crippen LogP contribution >= 0.6 is 0 Å². The second-order valence-corrected chi connectivity index (χ2v) is 3.98. The van der Waals surface area contributed by atoms with E-state index in [4.69, 9.17) is 5.73 Å². The molecule has 106 valence electrons. The number of benzene rings is 1. The lowest BCUT2D eigenvalue weighted by atomic mass is 10.2. The van der Waals surface area contributed by atoms with Crippen LogP contribution in [-0.4, -0.2) is 17.0 Å². The standard InChI is InChI=1S/C12H10F4N4/c1-20(8-5-3-2-4-7(8)13)10-6-9(12(14,15)16)18-11(17)19-10/h2-6H,1H3,(H2,17,18,19). The third-order valence-corrected chi connectivity index (χ3v) is 2.58. The van der Waals surface area contributed by atoms with Crippen LogP contribution in [0.2, 0.25) is 0 Å². The van der Waals surface area contributed by atoms with Gasteiger partial charge in [0, 0.05) is 13.1 Å². The molecule has 1 aromatic carbocycles. The Bertz CT molecular complexity index is 627. The molecule has 0 aliphatic rings. The van der Waals surface area contributed by atoms with Gasteiger partial charge in [0.1, 0.15) is 11.6 Å². The molecule has 0 atom stereocenters. The van der Waals surface area contributed by atoms with Crippen molar-refractivity contribution in [1.82, 2.24) is 9.97 Å². The summed E-state index contributed by atoms with van der Waals surface area (Å²) in [7, 11) is 1.39. The van der Waals surface area contributed by atoms with Crippen LogP contribution in [0.25, 0.3) is 0 Å². The number of halogens is 4. The van der Waals surface area contributed by atoms with Crippen LogP contribution in [0.4, 0.5) is 35.0 Å². The van der Waals surface area contributed by atoms with E-state index in [1.165, 1.54) is 30.1 Å². The summed E-state index contributed by atoms with van der Waals surface area (Å²) >= 11 is 0. The Kier molecular flexibility index (Phi) is 3.47. The summed E-state index contributed by atoms with van der Waals surface area (Å²) < 4.78 is 51.6. The lowest BCUT2D eigenvalue weighted by Crippen LogP contribution is -2.17. The summed E-state index contributed by atoms with van der Waals surface area (Å²) in [6.07, 6.45) is -4.65. The topological polar surface area (TPSA) is 55.0 Å². The van der Waals surface area contributed by atoms with Gasteiger partial charge in [0.05, 0.1) is 5.69 Å². The summed E-state index contributed by atoms with van der Waals surface area (Å²) in [4.78, 5) is 7.98. The van der Waals surface area contributed by atoms with E-state index >= 15 is 0 Å². The first-order chi connectivity index (χ1) is 9.29. The van der Waals surface area contributed by atoms with Crippen molar-refractivity contribution in [3.8, 4) is 0 Å². The van der Waals surface area contributed by atoms with Crippen molar-refractivity contribution in [3.05, 3.63) is 41.8 Å². The summed E-state index contributed by atoms with van der Waals surface area (Å²) in [5.41, 5.74) is 4.17. The van der Waals surface area contributed by atoms with Crippen LogP contribution in [0.3, 0.4) is 0 Å². The maximum atomic E-state index is 13.6. The van der Waals surface area contributed by atoms with E-state index < -0.39 is 23.6 Å². The largest absolute Gasteiger partial charge is 0.433 e. The molecule has 0 saturated heterocycles. The van der Waals surface area contributed by atoms with Crippen molar-refractivity contribution in [2.75, 3.05) is 17.7 Å². The highest BCUT2D eigenvalue weighted by Gasteiger charge is 2.34. The van der Waals surface area contributed by atoms with Crippen LogP contribution in [-0.2, 0) is 6.18 Å². The molecule has 8 heteroatoms. The number of anilines is 3. The summed E-state index contributed by atoms with van der Waals surface area (Å²) in [6, 6.07) is 6.36. The van der Waals surface area contributed by atoms with Crippen molar-refractivity contribution in [3.63, 3.8) is 0 Å². The Balaban J connectivity index is 2.48. The van der Waals surface area contributed by atoms with Crippen LogP contribution in [0.5, 0.6) is 0 Å². The van der Waals surface area contributed by atoms with E-state index in [0.717, 1.165) is 0 Å². The fourth-order valence-corrected chi connectivity index (χ4v) is 1.62. The first kappa shape index (κ1) is 14.0. The molecule has 0 spiro atoms. The van der Waals surface area contributed by atoms with Gasteiger partial charge in [0.25, 0.3) is 0 Å². The summed E-state index contributed by atoms with van der Waals surface area (Å²) in [5, 5.41) is 0. The molecule has 2 N–H and O–H groups in total. The van der Waals surface area contributed by atoms with Gasteiger partial charge < -0.3 is 10.6 Å². The molecule has 0 radical (unpaired) electrons. The van der Waals surface area contributed by atoms with Crippen molar-refractivity contribution in [1.29, 1.82) is 0 Å². The highest BCUT2D eigenvalue weighted by atomic mass is 19.4. The van der Waals surface area contributed by atoms with E-state index in [9.17, 15) is 17.6 Å². The third-order valence-electron chi connectivity index (χ3n) is 2.58.